The maximum atomic E-state index is 12.7. The molecular weight excluding hydrogens is 440 g/mol. The number of methoxy groups -OCH3 is 1. The highest BCUT2D eigenvalue weighted by Crippen LogP contribution is 2.24. The maximum Gasteiger partial charge on any atom is 0.261 e. The van der Waals surface area contributed by atoms with E-state index in [9.17, 15) is 13.2 Å². The van der Waals surface area contributed by atoms with Crippen molar-refractivity contribution in [1.82, 2.24) is 5.32 Å². The third-order valence-corrected chi connectivity index (χ3v) is 6.64. The van der Waals surface area contributed by atoms with Gasteiger partial charge in [-0.1, -0.05) is 24.3 Å². The fraction of sp³-hybridized carbons (Fsp3) is 0.240. The van der Waals surface area contributed by atoms with Gasteiger partial charge in [0, 0.05) is 11.3 Å². The van der Waals surface area contributed by atoms with Crippen LogP contribution in [0.5, 0.6) is 11.5 Å². The Morgan fingerprint density at radius 3 is 2.33 bits per heavy atom. The first kappa shape index (κ1) is 24.1. The minimum atomic E-state index is -3.74. The highest BCUT2D eigenvalue weighted by atomic mass is 32.2. The average Bonchev–Trinajstić information content (AvgIpc) is 2.80. The third kappa shape index (κ3) is 6.26. The Morgan fingerprint density at radius 1 is 0.970 bits per heavy atom. The summed E-state index contributed by atoms with van der Waals surface area (Å²) in [6.45, 7) is 5.54. The van der Waals surface area contributed by atoms with E-state index < -0.39 is 10.0 Å². The highest BCUT2D eigenvalue weighted by molar-refractivity contribution is 7.92. The lowest BCUT2D eigenvalue weighted by Crippen LogP contribution is -2.31. The molecular formula is C25H28N2O5S. The van der Waals surface area contributed by atoms with Gasteiger partial charge in [-0.25, -0.2) is 8.42 Å². The Labute approximate surface area is 194 Å². The first-order valence-corrected chi connectivity index (χ1v) is 11.9. The van der Waals surface area contributed by atoms with E-state index in [1.165, 1.54) is 24.3 Å². The van der Waals surface area contributed by atoms with E-state index in [-0.39, 0.29) is 23.5 Å². The summed E-state index contributed by atoms with van der Waals surface area (Å²) >= 11 is 0. The molecule has 0 aliphatic carbocycles. The number of sulfonamides is 1. The van der Waals surface area contributed by atoms with E-state index >= 15 is 0 Å². The topological polar surface area (TPSA) is 93.7 Å². The summed E-state index contributed by atoms with van der Waals surface area (Å²) in [5.41, 5.74) is 3.44. The van der Waals surface area contributed by atoms with Gasteiger partial charge >= 0.3 is 0 Å². The number of hydrogen-bond acceptors (Lipinski definition) is 5. The van der Waals surface area contributed by atoms with Crippen molar-refractivity contribution in [3.05, 3.63) is 83.4 Å². The van der Waals surface area contributed by atoms with E-state index in [0.717, 1.165) is 16.7 Å². The molecule has 1 atom stereocenters. The molecule has 33 heavy (non-hydrogen) atoms. The van der Waals surface area contributed by atoms with Crippen molar-refractivity contribution in [1.29, 1.82) is 0 Å². The van der Waals surface area contributed by atoms with E-state index in [1.807, 2.05) is 51.1 Å². The molecule has 0 saturated carbocycles. The van der Waals surface area contributed by atoms with E-state index in [4.69, 9.17) is 9.47 Å². The summed E-state index contributed by atoms with van der Waals surface area (Å²) in [6, 6.07) is 18.5. The molecule has 0 fully saturated rings. The van der Waals surface area contributed by atoms with Gasteiger partial charge in [0.25, 0.3) is 15.9 Å². The van der Waals surface area contributed by atoms with E-state index in [2.05, 4.69) is 10.0 Å². The van der Waals surface area contributed by atoms with Crippen molar-refractivity contribution in [2.45, 2.75) is 31.7 Å². The second kappa shape index (κ2) is 10.4. The van der Waals surface area contributed by atoms with Gasteiger partial charge in [-0.05, 0) is 74.4 Å². The smallest absolute Gasteiger partial charge is 0.261 e. The zero-order valence-electron chi connectivity index (χ0n) is 19.1. The number of benzene rings is 3. The Kier molecular flexibility index (Phi) is 7.60. The summed E-state index contributed by atoms with van der Waals surface area (Å²) < 4.78 is 38.7. The first-order chi connectivity index (χ1) is 15.7. The monoisotopic (exact) mass is 468 g/mol. The zero-order chi connectivity index (χ0) is 24.0. The number of hydrogen-bond donors (Lipinski definition) is 2. The lowest BCUT2D eigenvalue weighted by atomic mass is 10.1. The normalized spacial score (nSPS) is 12.0. The Balaban J connectivity index is 1.57. The molecule has 174 valence electrons. The summed E-state index contributed by atoms with van der Waals surface area (Å²) in [6.07, 6.45) is 0. The fourth-order valence-electron chi connectivity index (χ4n) is 3.27. The molecule has 0 radical (unpaired) electrons. The highest BCUT2D eigenvalue weighted by Gasteiger charge is 2.16. The van der Waals surface area contributed by atoms with Crippen LogP contribution in [0, 0.1) is 13.8 Å². The van der Waals surface area contributed by atoms with Gasteiger partial charge in [0.05, 0.1) is 18.0 Å². The van der Waals surface area contributed by atoms with Gasteiger partial charge in [-0.15, -0.1) is 0 Å². The van der Waals surface area contributed by atoms with Gasteiger partial charge in [0.2, 0.25) is 0 Å². The average molecular weight is 469 g/mol. The van der Waals surface area contributed by atoms with Crippen LogP contribution < -0.4 is 19.5 Å². The molecule has 8 heteroatoms. The fourth-order valence-corrected chi connectivity index (χ4v) is 4.32. The standard InChI is InChI=1S/C25H28N2O5S/c1-17-9-10-20(15-18(17)2)27-33(29,30)22-13-11-21(12-14-22)32-16-25(28)26-19(3)23-7-5-6-8-24(23)31-4/h5-15,19,27H,16H2,1-4H3,(H,26,28)/t19-/m1/s1. The quantitative estimate of drug-likeness (QED) is 0.486. The molecule has 0 aliphatic heterocycles. The van der Waals surface area contributed by atoms with E-state index in [1.54, 1.807) is 19.2 Å². The number of carbonyl (C=O) groups excluding carboxylic acids is 1. The first-order valence-electron chi connectivity index (χ1n) is 10.4. The molecule has 0 saturated heterocycles. The largest absolute Gasteiger partial charge is 0.496 e. The molecule has 3 aromatic rings. The van der Waals surface area contributed by atoms with Crippen molar-refractivity contribution in [2.24, 2.45) is 0 Å². The van der Waals surface area contributed by atoms with Gasteiger partial charge < -0.3 is 14.8 Å². The number of aryl methyl sites for hydroxylation is 2. The van der Waals surface area contributed by atoms with Gasteiger partial charge in [0.1, 0.15) is 11.5 Å². The lowest BCUT2D eigenvalue weighted by molar-refractivity contribution is -0.123. The van der Waals surface area contributed by atoms with Crippen LogP contribution in [0.25, 0.3) is 0 Å². The number of amides is 1. The van der Waals surface area contributed by atoms with Crippen LogP contribution in [0.4, 0.5) is 5.69 Å². The SMILES string of the molecule is COc1ccccc1[C@@H](C)NC(=O)COc1ccc(S(=O)(=O)Nc2ccc(C)c(C)c2)cc1. The predicted octanol–water partition coefficient (Wildman–Crippen LogP) is 4.37. The van der Waals surface area contributed by atoms with Crippen LogP contribution in [0.3, 0.4) is 0 Å². The predicted molar refractivity (Wildman–Crippen MR) is 128 cm³/mol. The molecule has 0 aromatic heterocycles. The van der Waals surface area contributed by atoms with Gasteiger partial charge in [-0.3, -0.25) is 9.52 Å². The summed E-state index contributed by atoms with van der Waals surface area (Å²) in [5.74, 6) is 0.777. The van der Waals surface area contributed by atoms with Gasteiger partial charge in [0.15, 0.2) is 6.61 Å². The molecule has 0 heterocycles. The Bertz CT molecular complexity index is 1220. The lowest BCUT2D eigenvalue weighted by Gasteiger charge is -2.17. The Morgan fingerprint density at radius 2 is 1.67 bits per heavy atom. The number of ether oxygens (including phenoxy) is 2. The van der Waals surface area contributed by atoms with Crippen LogP contribution in [0.15, 0.2) is 71.6 Å². The van der Waals surface area contributed by atoms with Crippen molar-refractivity contribution >= 4 is 21.6 Å². The molecule has 0 unspecified atom stereocenters. The van der Waals surface area contributed by atoms with Crippen LogP contribution >= 0.6 is 0 Å². The zero-order valence-corrected chi connectivity index (χ0v) is 19.9. The number of nitrogens with one attached hydrogen (secondary N) is 2. The second-order valence-corrected chi connectivity index (χ2v) is 9.38. The minimum Gasteiger partial charge on any atom is -0.496 e. The van der Waals surface area contributed by atoms with Crippen LogP contribution in [-0.4, -0.2) is 28.0 Å². The molecule has 3 aromatic carbocycles. The Hall–Kier alpha value is -3.52. The maximum absolute atomic E-state index is 12.7. The van der Waals surface area contributed by atoms with Crippen molar-refractivity contribution in [3.8, 4) is 11.5 Å². The number of anilines is 1. The summed E-state index contributed by atoms with van der Waals surface area (Å²) in [7, 11) is -2.16. The molecule has 1 amide bonds. The van der Waals surface area contributed by atoms with Crippen molar-refractivity contribution in [3.63, 3.8) is 0 Å². The second-order valence-electron chi connectivity index (χ2n) is 7.70. The van der Waals surface area contributed by atoms with Crippen molar-refractivity contribution in [2.75, 3.05) is 18.4 Å². The third-order valence-electron chi connectivity index (χ3n) is 5.25. The summed E-state index contributed by atoms with van der Waals surface area (Å²) in [4.78, 5) is 12.4. The van der Waals surface area contributed by atoms with Crippen molar-refractivity contribution < 1.29 is 22.7 Å². The minimum absolute atomic E-state index is 0.0994. The van der Waals surface area contributed by atoms with Crippen LogP contribution in [0.1, 0.15) is 29.7 Å². The van der Waals surface area contributed by atoms with Crippen LogP contribution in [-0.2, 0) is 14.8 Å². The molecule has 7 nitrogen and oxygen atoms in total. The van der Waals surface area contributed by atoms with E-state index in [0.29, 0.717) is 17.2 Å². The van der Waals surface area contributed by atoms with Crippen LogP contribution in [0.2, 0.25) is 0 Å². The molecule has 3 rings (SSSR count). The summed E-state index contributed by atoms with van der Waals surface area (Å²) in [5, 5.41) is 2.86. The van der Waals surface area contributed by atoms with Gasteiger partial charge in [-0.2, -0.15) is 0 Å². The molecule has 0 spiro atoms. The number of para-hydroxylation sites is 1. The number of rotatable bonds is 9. The molecule has 0 aliphatic rings. The number of carbonyl (C=O) groups is 1. The molecule has 2 N–H and O–H groups in total. The molecule has 0 bridgehead atoms.